The number of hydrogen-bond donors (Lipinski definition) is 0. The highest BCUT2D eigenvalue weighted by Crippen LogP contribution is 2.20. The van der Waals surface area contributed by atoms with E-state index in [1.54, 1.807) is 0 Å². The number of nitrogens with zero attached hydrogens (tertiary/aromatic N) is 3. The number of ether oxygens (including phenoxy) is 1. The summed E-state index contributed by atoms with van der Waals surface area (Å²) < 4.78 is 5.74. The lowest BCUT2D eigenvalue weighted by Crippen LogP contribution is -2.33. The molecule has 1 aromatic carbocycles. The Morgan fingerprint density at radius 1 is 1.41 bits per heavy atom. The minimum absolute atomic E-state index is 0.108. The molecule has 0 radical (unpaired) electrons. The molecule has 0 aromatic heterocycles. The summed E-state index contributed by atoms with van der Waals surface area (Å²) in [5.41, 5.74) is 2.36. The minimum atomic E-state index is -0.108. The van der Waals surface area contributed by atoms with Crippen molar-refractivity contribution in [1.29, 1.82) is 0 Å². The third kappa shape index (κ3) is 2.61. The van der Waals surface area contributed by atoms with Crippen molar-refractivity contribution < 1.29 is 4.74 Å². The quantitative estimate of drug-likeness (QED) is 0.773. The molecule has 0 fully saturated rings. The van der Waals surface area contributed by atoms with Gasteiger partial charge in [0.25, 0.3) is 0 Å². The zero-order valence-corrected chi connectivity index (χ0v) is 11.0. The average molecular weight is 249 g/mol. The van der Waals surface area contributed by atoms with Gasteiger partial charge in [0, 0.05) is 7.05 Å². The van der Waals surface area contributed by atoms with Crippen LogP contribution in [0, 0.1) is 13.8 Å². The highest BCUT2D eigenvalue weighted by atomic mass is 32.1. The van der Waals surface area contributed by atoms with E-state index in [1.165, 1.54) is 5.56 Å². The van der Waals surface area contributed by atoms with Gasteiger partial charge in [-0.15, -0.1) is 5.11 Å². The van der Waals surface area contributed by atoms with Crippen LogP contribution in [0.15, 0.2) is 28.4 Å². The van der Waals surface area contributed by atoms with Crippen LogP contribution in [0.1, 0.15) is 11.1 Å². The van der Waals surface area contributed by atoms with Crippen molar-refractivity contribution in [2.24, 2.45) is 10.2 Å². The Bertz CT molecular complexity index is 473. The zero-order chi connectivity index (χ0) is 12.4. The Labute approximate surface area is 106 Å². The number of aryl methyl sites for hydroxylation is 2. The van der Waals surface area contributed by atoms with E-state index in [0.29, 0.717) is 11.7 Å². The summed E-state index contributed by atoms with van der Waals surface area (Å²) in [5.74, 6) is 0.886. The van der Waals surface area contributed by atoms with Gasteiger partial charge in [0.1, 0.15) is 12.4 Å². The SMILES string of the molecule is Cc1ccc(OCC2N=NC(=S)N2C)c(C)c1. The van der Waals surface area contributed by atoms with Gasteiger partial charge in [-0.05, 0) is 37.7 Å². The molecule has 0 aliphatic carbocycles. The molecular formula is C12H15N3OS. The van der Waals surface area contributed by atoms with Crippen LogP contribution in [0.25, 0.3) is 0 Å². The Kier molecular flexibility index (Phi) is 3.38. The van der Waals surface area contributed by atoms with Crippen LogP contribution in [-0.2, 0) is 0 Å². The van der Waals surface area contributed by atoms with Crippen LogP contribution in [0.4, 0.5) is 0 Å². The second kappa shape index (κ2) is 4.79. The van der Waals surface area contributed by atoms with Crippen LogP contribution in [-0.4, -0.2) is 29.8 Å². The molecule has 1 aromatic rings. The van der Waals surface area contributed by atoms with Crippen LogP contribution in [0.5, 0.6) is 5.75 Å². The number of likely N-dealkylation sites (N-methyl/N-ethyl adjacent to an activating group) is 1. The summed E-state index contributed by atoms with van der Waals surface area (Å²) in [5, 5.41) is 8.41. The Hall–Kier alpha value is -1.49. The van der Waals surface area contributed by atoms with Crippen molar-refractivity contribution in [1.82, 2.24) is 4.90 Å². The van der Waals surface area contributed by atoms with Crippen molar-refractivity contribution in [2.75, 3.05) is 13.7 Å². The van der Waals surface area contributed by atoms with Gasteiger partial charge in [-0.25, -0.2) is 0 Å². The predicted molar refractivity (Wildman–Crippen MR) is 70.4 cm³/mol. The first-order valence-corrected chi connectivity index (χ1v) is 5.86. The van der Waals surface area contributed by atoms with Gasteiger partial charge in [0.2, 0.25) is 5.11 Å². The molecule has 0 N–H and O–H groups in total. The molecule has 1 unspecified atom stereocenters. The Morgan fingerprint density at radius 3 is 2.76 bits per heavy atom. The van der Waals surface area contributed by atoms with E-state index in [9.17, 15) is 0 Å². The molecule has 1 heterocycles. The molecular weight excluding hydrogens is 234 g/mol. The fourth-order valence-electron chi connectivity index (χ4n) is 1.66. The van der Waals surface area contributed by atoms with Gasteiger partial charge in [-0.3, -0.25) is 0 Å². The maximum atomic E-state index is 5.74. The average Bonchev–Trinajstić information content (AvgIpc) is 2.59. The van der Waals surface area contributed by atoms with E-state index in [0.717, 1.165) is 11.3 Å². The monoisotopic (exact) mass is 249 g/mol. The molecule has 1 atom stereocenters. The molecule has 1 aliphatic heterocycles. The summed E-state index contributed by atoms with van der Waals surface area (Å²) in [6.07, 6.45) is -0.108. The smallest absolute Gasteiger partial charge is 0.217 e. The summed E-state index contributed by atoms with van der Waals surface area (Å²) >= 11 is 5.00. The fourth-order valence-corrected chi connectivity index (χ4v) is 1.83. The second-order valence-corrected chi connectivity index (χ2v) is 4.53. The van der Waals surface area contributed by atoms with E-state index in [-0.39, 0.29) is 6.17 Å². The van der Waals surface area contributed by atoms with Crippen molar-refractivity contribution in [3.05, 3.63) is 29.3 Å². The molecule has 4 nitrogen and oxygen atoms in total. The maximum Gasteiger partial charge on any atom is 0.217 e. The highest BCUT2D eigenvalue weighted by molar-refractivity contribution is 7.80. The number of rotatable bonds is 3. The summed E-state index contributed by atoms with van der Waals surface area (Å²) in [6, 6.07) is 6.11. The Balaban J connectivity index is 1.99. The van der Waals surface area contributed by atoms with Crippen LogP contribution in [0.2, 0.25) is 0 Å². The van der Waals surface area contributed by atoms with Gasteiger partial charge in [-0.2, -0.15) is 5.11 Å². The van der Waals surface area contributed by atoms with Crippen molar-refractivity contribution in [2.45, 2.75) is 20.0 Å². The first-order valence-electron chi connectivity index (χ1n) is 5.45. The summed E-state index contributed by atoms with van der Waals surface area (Å²) in [4.78, 5) is 1.83. The van der Waals surface area contributed by atoms with Gasteiger partial charge in [0.15, 0.2) is 6.17 Å². The van der Waals surface area contributed by atoms with Crippen molar-refractivity contribution in [3.63, 3.8) is 0 Å². The number of azo groups is 1. The zero-order valence-electron chi connectivity index (χ0n) is 10.2. The number of hydrogen-bond acceptors (Lipinski definition) is 3. The van der Waals surface area contributed by atoms with E-state index in [1.807, 2.05) is 31.0 Å². The molecule has 90 valence electrons. The summed E-state index contributed by atoms with van der Waals surface area (Å²) in [7, 11) is 1.87. The molecule has 0 saturated heterocycles. The maximum absolute atomic E-state index is 5.74. The topological polar surface area (TPSA) is 37.2 Å². The number of thiocarbonyl (C=S) groups is 1. The Morgan fingerprint density at radius 2 is 2.18 bits per heavy atom. The van der Waals surface area contributed by atoms with Crippen LogP contribution < -0.4 is 4.74 Å². The lowest BCUT2D eigenvalue weighted by Gasteiger charge is -2.18. The summed E-state index contributed by atoms with van der Waals surface area (Å²) in [6.45, 7) is 4.56. The third-order valence-corrected chi connectivity index (χ3v) is 3.11. The molecule has 2 rings (SSSR count). The van der Waals surface area contributed by atoms with Gasteiger partial charge >= 0.3 is 0 Å². The fraction of sp³-hybridized carbons (Fsp3) is 0.417. The minimum Gasteiger partial charge on any atom is -0.489 e. The predicted octanol–water partition coefficient (Wildman–Crippen LogP) is 2.69. The largest absolute Gasteiger partial charge is 0.489 e. The number of benzene rings is 1. The molecule has 1 aliphatic rings. The van der Waals surface area contributed by atoms with Gasteiger partial charge in [-0.1, -0.05) is 17.7 Å². The lowest BCUT2D eigenvalue weighted by molar-refractivity contribution is 0.228. The second-order valence-electron chi connectivity index (χ2n) is 4.17. The van der Waals surface area contributed by atoms with E-state index in [2.05, 4.69) is 23.2 Å². The lowest BCUT2D eigenvalue weighted by atomic mass is 10.1. The van der Waals surface area contributed by atoms with Crippen LogP contribution >= 0.6 is 12.2 Å². The van der Waals surface area contributed by atoms with Crippen LogP contribution in [0.3, 0.4) is 0 Å². The standard InChI is InChI=1S/C12H15N3OS/c1-8-4-5-10(9(2)6-8)16-7-11-13-14-12(17)15(11)3/h4-6,11H,7H2,1-3H3. The molecule has 0 amide bonds. The molecule has 17 heavy (non-hydrogen) atoms. The van der Waals surface area contributed by atoms with Crippen molar-refractivity contribution >= 4 is 17.3 Å². The van der Waals surface area contributed by atoms with E-state index < -0.39 is 0 Å². The highest BCUT2D eigenvalue weighted by Gasteiger charge is 2.23. The van der Waals surface area contributed by atoms with Crippen molar-refractivity contribution in [3.8, 4) is 5.75 Å². The van der Waals surface area contributed by atoms with E-state index in [4.69, 9.17) is 17.0 Å². The molecule has 0 bridgehead atoms. The third-order valence-electron chi connectivity index (χ3n) is 2.74. The normalized spacial score (nSPS) is 18.9. The first-order chi connectivity index (χ1) is 8.08. The van der Waals surface area contributed by atoms with Gasteiger partial charge in [0.05, 0.1) is 0 Å². The molecule has 0 saturated carbocycles. The first kappa shape index (κ1) is 12.0. The van der Waals surface area contributed by atoms with E-state index >= 15 is 0 Å². The molecule has 5 heteroatoms. The van der Waals surface area contributed by atoms with Gasteiger partial charge < -0.3 is 9.64 Å². The molecule has 0 spiro atoms.